The molecule has 1 amide bonds. The third kappa shape index (κ3) is 4.12. The molecule has 1 saturated heterocycles. The molecule has 1 fully saturated rings. The first-order chi connectivity index (χ1) is 8.69. The van der Waals surface area contributed by atoms with Crippen molar-refractivity contribution in [2.75, 3.05) is 15.4 Å². The third-order valence-electron chi connectivity index (χ3n) is 3.01. The molecule has 0 radical (unpaired) electrons. The Kier molecular flexibility index (Phi) is 4.80. The average molecular weight is 357 g/mol. The number of alkyl halides is 3. The van der Waals surface area contributed by atoms with Gasteiger partial charge in [-0.1, -0.05) is 0 Å². The van der Waals surface area contributed by atoms with Crippen molar-refractivity contribution in [3.63, 3.8) is 0 Å². The number of benzene rings is 1. The normalized spacial score (nSPS) is 20.1. The summed E-state index contributed by atoms with van der Waals surface area (Å²) in [5, 5.41) is 3.01. The molecule has 1 aromatic rings. The molecule has 1 aliphatic heterocycles. The van der Waals surface area contributed by atoms with Gasteiger partial charge in [-0.25, -0.2) is 0 Å². The number of amides is 1. The molecule has 0 aliphatic carbocycles. The van der Waals surface area contributed by atoms with Crippen LogP contribution in [0.5, 0.6) is 0 Å². The maximum absolute atomic E-state index is 11.6. The van der Waals surface area contributed by atoms with Gasteiger partial charge >= 0.3 is 117 Å². The predicted octanol–water partition coefficient (Wildman–Crippen LogP) is 3.03. The van der Waals surface area contributed by atoms with E-state index in [0.29, 0.717) is 0 Å². The van der Waals surface area contributed by atoms with Gasteiger partial charge in [0, 0.05) is 0 Å². The predicted molar refractivity (Wildman–Crippen MR) is 86.4 cm³/mol. The standard InChI is InChI=1S/C15H20INO/c1-3-16-10-14(16)11-17-15(18)8-7-13-6-4-5-12(2)9-13/h4-9,14H,3,10-11H2,1-2H3,(H,17,18)/b8-7+. The molecule has 2 nitrogen and oxygen atoms in total. The van der Waals surface area contributed by atoms with Crippen molar-refractivity contribution >= 4 is 31.8 Å². The van der Waals surface area contributed by atoms with E-state index in [1.165, 1.54) is 14.4 Å². The molecule has 1 heterocycles. The molecule has 1 aromatic carbocycles. The Labute approximate surface area is 116 Å². The first-order valence-electron chi connectivity index (χ1n) is 6.32. The number of carbonyl (C=O) groups is 1. The Morgan fingerprint density at radius 3 is 3.06 bits per heavy atom. The number of carbonyl (C=O) groups excluding carboxylic acids is 1. The average Bonchev–Trinajstić information content (AvgIpc) is 3.13. The van der Waals surface area contributed by atoms with Gasteiger partial charge in [-0.05, 0) is 0 Å². The Balaban J connectivity index is 1.77. The van der Waals surface area contributed by atoms with Crippen molar-refractivity contribution in [1.82, 2.24) is 5.32 Å². The summed E-state index contributed by atoms with van der Waals surface area (Å²) < 4.78 is 3.70. The van der Waals surface area contributed by atoms with Gasteiger partial charge in [0.1, 0.15) is 0 Å². The van der Waals surface area contributed by atoms with Gasteiger partial charge < -0.3 is 0 Å². The molecule has 1 unspecified atom stereocenters. The van der Waals surface area contributed by atoms with E-state index in [-0.39, 0.29) is 5.91 Å². The molecule has 98 valence electrons. The quantitative estimate of drug-likeness (QED) is 0.490. The molecule has 0 bridgehead atoms. The van der Waals surface area contributed by atoms with E-state index in [0.717, 1.165) is 16.0 Å². The number of nitrogens with one attached hydrogen (secondary N) is 1. The summed E-state index contributed by atoms with van der Waals surface area (Å²) in [5.41, 5.74) is 2.30. The van der Waals surface area contributed by atoms with E-state index < -0.39 is 19.8 Å². The maximum atomic E-state index is 11.6. The van der Waals surface area contributed by atoms with Crippen molar-refractivity contribution < 1.29 is 4.79 Å². The van der Waals surface area contributed by atoms with Gasteiger partial charge in [0.15, 0.2) is 0 Å². The van der Waals surface area contributed by atoms with Crippen LogP contribution in [0.15, 0.2) is 30.3 Å². The zero-order valence-corrected chi connectivity index (χ0v) is 13.1. The van der Waals surface area contributed by atoms with Crippen molar-refractivity contribution in [2.45, 2.75) is 17.8 Å². The fraction of sp³-hybridized carbons (Fsp3) is 0.400. The molecule has 3 heteroatoms. The first-order valence-corrected chi connectivity index (χ1v) is 10.6. The number of aryl methyl sites for hydroxylation is 1. The minimum absolute atomic E-state index is 0.0373. The molecule has 1 atom stereocenters. The van der Waals surface area contributed by atoms with Gasteiger partial charge in [-0.2, -0.15) is 0 Å². The van der Waals surface area contributed by atoms with Gasteiger partial charge in [-0.15, -0.1) is 0 Å². The van der Waals surface area contributed by atoms with Crippen LogP contribution < -0.4 is 5.32 Å². The summed E-state index contributed by atoms with van der Waals surface area (Å²) in [6, 6.07) is 8.15. The summed E-state index contributed by atoms with van der Waals surface area (Å²) in [5.74, 6) is 0.0373. The molecule has 2 rings (SSSR count). The second-order valence-electron chi connectivity index (χ2n) is 4.51. The third-order valence-corrected chi connectivity index (χ3v) is 9.41. The van der Waals surface area contributed by atoms with E-state index in [2.05, 4.69) is 31.3 Å². The monoisotopic (exact) mass is 357 g/mol. The van der Waals surface area contributed by atoms with Crippen LogP contribution in [-0.4, -0.2) is 25.2 Å². The van der Waals surface area contributed by atoms with Gasteiger partial charge in [0.25, 0.3) is 0 Å². The van der Waals surface area contributed by atoms with Crippen molar-refractivity contribution in [2.24, 2.45) is 0 Å². The van der Waals surface area contributed by atoms with Crippen LogP contribution in [0.4, 0.5) is 0 Å². The molecule has 1 N–H and O–H groups in total. The van der Waals surface area contributed by atoms with E-state index in [1.54, 1.807) is 6.08 Å². The van der Waals surface area contributed by atoms with Crippen LogP contribution in [0.25, 0.3) is 6.08 Å². The molecule has 0 spiro atoms. The van der Waals surface area contributed by atoms with E-state index >= 15 is 0 Å². The fourth-order valence-corrected chi connectivity index (χ4v) is 7.53. The first kappa shape index (κ1) is 13.6. The second kappa shape index (κ2) is 6.36. The van der Waals surface area contributed by atoms with Gasteiger partial charge in [0.05, 0.1) is 0 Å². The molecule has 1 aliphatic rings. The molecule has 18 heavy (non-hydrogen) atoms. The zero-order valence-electron chi connectivity index (χ0n) is 10.9. The number of rotatable bonds is 5. The van der Waals surface area contributed by atoms with Crippen LogP contribution in [0.1, 0.15) is 18.1 Å². The van der Waals surface area contributed by atoms with Crippen molar-refractivity contribution in [3.05, 3.63) is 41.5 Å². The number of halogens is 1. The SMILES string of the molecule is CCI1CC1CNC(=O)/C=C/c1cccc(C)c1. The van der Waals surface area contributed by atoms with Gasteiger partial charge in [-0.3, -0.25) is 0 Å². The fourth-order valence-electron chi connectivity index (χ4n) is 1.89. The topological polar surface area (TPSA) is 29.1 Å². The van der Waals surface area contributed by atoms with Crippen LogP contribution >= 0.6 is 19.8 Å². The van der Waals surface area contributed by atoms with Crippen LogP contribution in [0.3, 0.4) is 0 Å². The zero-order chi connectivity index (χ0) is 13.0. The summed E-state index contributed by atoms with van der Waals surface area (Å²) in [7, 11) is 0. The number of hydrogen-bond acceptors (Lipinski definition) is 1. The Morgan fingerprint density at radius 2 is 2.39 bits per heavy atom. The second-order valence-corrected chi connectivity index (χ2v) is 11.5. The number of hydrogen-bond donors (Lipinski definition) is 1. The van der Waals surface area contributed by atoms with Crippen LogP contribution in [0, 0.1) is 6.92 Å². The molecular formula is C15H20INO. The van der Waals surface area contributed by atoms with E-state index in [4.69, 9.17) is 0 Å². The molecule has 0 saturated carbocycles. The summed E-state index contributed by atoms with van der Waals surface area (Å²) in [6.45, 7) is 5.24. The summed E-state index contributed by atoms with van der Waals surface area (Å²) in [4.78, 5) is 11.6. The summed E-state index contributed by atoms with van der Waals surface area (Å²) >= 11 is -0.557. The van der Waals surface area contributed by atoms with E-state index in [9.17, 15) is 4.79 Å². The van der Waals surface area contributed by atoms with Crippen molar-refractivity contribution in [3.8, 4) is 0 Å². The van der Waals surface area contributed by atoms with Crippen LogP contribution in [-0.2, 0) is 4.79 Å². The van der Waals surface area contributed by atoms with Crippen molar-refractivity contribution in [1.29, 1.82) is 0 Å². The summed E-state index contributed by atoms with van der Waals surface area (Å²) in [6.07, 6.45) is 3.52. The Hall–Kier alpha value is -0.840. The molecule has 0 aromatic heterocycles. The Morgan fingerprint density at radius 1 is 1.56 bits per heavy atom. The minimum atomic E-state index is -0.557. The van der Waals surface area contributed by atoms with Crippen LogP contribution in [0.2, 0.25) is 0 Å². The van der Waals surface area contributed by atoms with E-state index in [1.807, 2.05) is 18.2 Å². The van der Waals surface area contributed by atoms with Gasteiger partial charge in [0.2, 0.25) is 0 Å². The Bertz CT molecular complexity index is 456. The molecular weight excluding hydrogens is 337 g/mol.